The van der Waals surface area contributed by atoms with Crippen LogP contribution in [0.3, 0.4) is 0 Å². The van der Waals surface area contributed by atoms with Crippen molar-refractivity contribution >= 4 is 45.8 Å². The summed E-state index contributed by atoms with van der Waals surface area (Å²) in [7, 11) is 0. The smallest absolute Gasteiger partial charge is 0.324 e. The molecule has 0 radical (unpaired) electrons. The summed E-state index contributed by atoms with van der Waals surface area (Å²) in [6.45, 7) is -0.272. The molecule has 9 heteroatoms. The third-order valence-electron chi connectivity index (χ3n) is 4.65. The Bertz CT molecular complexity index is 1390. The van der Waals surface area contributed by atoms with E-state index in [9.17, 15) is 14.4 Å². The van der Waals surface area contributed by atoms with Crippen LogP contribution < -0.4 is 16.6 Å². The van der Waals surface area contributed by atoms with Crippen molar-refractivity contribution in [1.82, 2.24) is 14.1 Å². The van der Waals surface area contributed by atoms with E-state index in [4.69, 9.17) is 23.2 Å². The predicted octanol–water partition coefficient (Wildman–Crippen LogP) is 3.55. The van der Waals surface area contributed by atoms with Gasteiger partial charge in [-0.15, -0.1) is 0 Å². The number of rotatable bonds is 5. The molecule has 0 saturated heterocycles. The number of fused-ring (bicyclic) bond motifs is 1. The second-order valence-electron chi connectivity index (χ2n) is 6.82. The molecule has 0 unspecified atom stereocenters. The zero-order valence-electron chi connectivity index (χ0n) is 16.1. The van der Waals surface area contributed by atoms with Crippen LogP contribution in [-0.2, 0) is 17.9 Å². The van der Waals surface area contributed by atoms with Gasteiger partial charge in [0.05, 0.1) is 12.1 Å². The highest BCUT2D eigenvalue weighted by atomic mass is 35.5. The summed E-state index contributed by atoms with van der Waals surface area (Å²) in [4.78, 5) is 42.9. The Kier molecular flexibility index (Phi) is 5.88. The van der Waals surface area contributed by atoms with Gasteiger partial charge in [-0.2, -0.15) is 0 Å². The van der Waals surface area contributed by atoms with Crippen molar-refractivity contribution in [1.29, 1.82) is 0 Å². The fourth-order valence-electron chi connectivity index (χ4n) is 3.22. The van der Waals surface area contributed by atoms with Gasteiger partial charge in [0.15, 0.2) is 5.52 Å². The maximum absolute atomic E-state index is 13.2. The van der Waals surface area contributed by atoms with Crippen LogP contribution in [-0.4, -0.2) is 20.0 Å². The molecule has 4 aromatic rings. The van der Waals surface area contributed by atoms with E-state index in [1.54, 1.807) is 60.7 Å². The van der Waals surface area contributed by atoms with Gasteiger partial charge in [-0.05, 0) is 48.0 Å². The molecule has 4 rings (SSSR count). The van der Waals surface area contributed by atoms with Crippen molar-refractivity contribution in [2.45, 2.75) is 13.1 Å². The molecule has 31 heavy (non-hydrogen) atoms. The number of hydrogen-bond donors (Lipinski definition) is 1. The predicted molar refractivity (Wildman–Crippen MR) is 121 cm³/mol. The second kappa shape index (κ2) is 8.75. The zero-order valence-corrected chi connectivity index (χ0v) is 17.6. The number of pyridine rings is 1. The fraction of sp³-hybridized carbons (Fsp3) is 0.0909. The normalized spacial score (nSPS) is 10.9. The average Bonchev–Trinajstić information content (AvgIpc) is 2.75. The van der Waals surface area contributed by atoms with Crippen LogP contribution in [0.25, 0.3) is 11.0 Å². The number of nitrogens with one attached hydrogen (secondary N) is 1. The van der Waals surface area contributed by atoms with Gasteiger partial charge in [0.1, 0.15) is 6.54 Å². The van der Waals surface area contributed by atoms with Crippen LogP contribution in [0.5, 0.6) is 0 Å². The number of anilines is 1. The molecular formula is C22H16Cl2N4O3. The van der Waals surface area contributed by atoms with Crippen LogP contribution in [0.1, 0.15) is 5.56 Å². The van der Waals surface area contributed by atoms with Crippen LogP contribution in [0.4, 0.5) is 5.69 Å². The molecular weight excluding hydrogens is 439 g/mol. The summed E-state index contributed by atoms with van der Waals surface area (Å²) in [6, 6.07) is 16.7. The molecule has 0 fully saturated rings. The third kappa shape index (κ3) is 4.52. The fourth-order valence-corrected chi connectivity index (χ4v) is 3.53. The molecule has 156 valence electrons. The van der Waals surface area contributed by atoms with Gasteiger partial charge in [0, 0.05) is 21.9 Å². The molecule has 2 aromatic heterocycles. The lowest BCUT2D eigenvalue weighted by molar-refractivity contribution is -0.116. The lowest BCUT2D eigenvalue weighted by Crippen LogP contribution is -2.42. The quantitative estimate of drug-likeness (QED) is 0.499. The number of amides is 1. The number of hydrogen-bond acceptors (Lipinski definition) is 4. The summed E-state index contributed by atoms with van der Waals surface area (Å²) < 4.78 is 2.30. The zero-order chi connectivity index (χ0) is 22.0. The van der Waals surface area contributed by atoms with E-state index >= 15 is 0 Å². The molecule has 0 aliphatic carbocycles. The van der Waals surface area contributed by atoms with Crippen molar-refractivity contribution in [3.05, 3.63) is 103 Å². The summed E-state index contributed by atoms with van der Waals surface area (Å²) >= 11 is 11.9. The highest BCUT2D eigenvalue weighted by Crippen LogP contribution is 2.15. The van der Waals surface area contributed by atoms with Gasteiger partial charge in [-0.25, -0.2) is 9.78 Å². The van der Waals surface area contributed by atoms with E-state index in [-0.39, 0.29) is 24.1 Å². The van der Waals surface area contributed by atoms with Gasteiger partial charge in [-0.1, -0.05) is 41.4 Å². The lowest BCUT2D eigenvalue weighted by Gasteiger charge is -2.14. The molecule has 0 atom stereocenters. The Morgan fingerprint density at radius 1 is 0.935 bits per heavy atom. The number of benzene rings is 2. The van der Waals surface area contributed by atoms with E-state index in [1.165, 1.54) is 10.8 Å². The van der Waals surface area contributed by atoms with Gasteiger partial charge in [0.25, 0.3) is 5.56 Å². The third-order valence-corrected chi connectivity index (χ3v) is 5.14. The molecule has 2 heterocycles. The van der Waals surface area contributed by atoms with Crippen molar-refractivity contribution in [2.75, 3.05) is 5.32 Å². The largest absolute Gasteiger partial charge is 0.332 e. The highest BCUT2D eigenvalue weighted by Gasteiger charge is 2.16. The van der Waals surface area contributed by atoms with Crippen molar-refractivity contribution in [3.63, 3.8) is 0 Å². The number of carbonyl (C=O) groups excluding carboxylic acids is 1. The monoisotopic (exact) mass is 454 g/mol. The number of carbonyl (C=O) groups is 1. The van der Waals surface area contributed by atoms with E-state index < -0.39 is 17.2 Å². The summed E-state index contributed by atoms with van der Waals surface area (Å²) in [5.74, 6) is -0.439. The maximum atomic E-state index is 13.2. The minimum Gasteiger partial charge on any atom is -0.324 e. The standard InChI is InChI=1S/C22H16Cl2N4O3/c23-15-8-6-14(7-9-15)12-28-21(30)20-18(5-2-10-25-20)27(22(28)31)13-19(29)26-17-4-1-3-16(24)11-17/h1-11H,12-13H2,(H,26,29). The Hall–Kier alpha value is -3.42. The Morgan fingerprint density at radius 2 is 1.71 bits per heavy atom. The van der Waals surface area contributed by atoms with Gasteiger partial charge < -0.3 is 5.32 Å². The van der Waals surface area contributed by atoms with Crippen molar-refractivity contribution in [3.8, 4) is 0 Å². The first-order chi connectivity index (χ1) is 14.9. The van der Waals surface area contributed by atoms with Gasteiger partial charge in [0.2, 0.25) is 5.91 Å². The molecule has 7 nitrogen and oxygen atoms in total. The van der Waals surface area contributed by atoms with Crippen LogP contribution >= 0.6 is 23.2 Å². The topological polar surface area (TPSA) is 86.0 Å². The Morgan fingerprint density at radius 3 is 2.45 bits per heavy atom. The summed E-state index contributed by atoms with van der Waals surface area (Å²) in [6.07, 6.45) is 1.47. The molecule has 0 aliphatic heterocycles. The van der Waals surface area contributed by atoms with E-state index in [0.717, 1.165) is 4.57 Å². The number of nitrogens with zero attached hydrogens (tertiary/aromatic N) is 3. The first-order valence-corrected chi connectivity index (χ1v) is 10.1. The molecule has 2 aromatic carbocycles. The minimum absolute atomic E-state index is 0.0251. The van der Waals surface area contributed by atoms with Crippen LogP contribution in [0, 0.1) is 0 Å². The van der Waals surface area contributed by atoms with E-state index in [0.29, 0.717) is 21.3 Å². The molecule has 1 N–H and O–H groups in total. The maximum Gasteiger partial charge on any atom is 0.332 e. The van der Waals surface area contributed by atoms with Gasteiger partial charge >= 0.3 is 5.69 Å². The first kappa shape index (κ1) is 20.8. The molecule has 0 saturated carbocycles. The molecule has 0 spiro atoms. The van der Waals surface area contributed by atoms with Crippen molar-refractivity contribution in [2.24, 2.45) is 0 Å². The lowest BCUT2D eigenvalue weighted by atomic mass is 10.2. The van der Waals surface area contributed by atoms with E-state index in [2.05, 4.69) is 10.3 Å². The van der Waals surface area contributed by atoms with Crippen LogP contribution in [0.2, 0.25) is 10.0 Å². The Labute approximate surface area is 186 Å². The van der Waals surface area contributed by atoms with Gasteiger partial charge in [-0.3, -0.25) is 18.7 Å². The molecule has 0 bridgehead atoms. The minimum atomic E-state index is -0.610. The second-order valence-corrected chi connectivity index (χ2v) is 7.69. The van der Waals surface area contributed by atoms with E-state index in [1.807, 2.05) is 0 Å². The first-order valence-electron chi connectivity index (χ1n) is 9.30. The Balaban J connectivity index is 1.75. The molecule has 1 amide bonds. The SMILES string of the molecule is O=C(Cn1c(=O)n(Cc2ccc(Cl)cc2)c(=O)c2ncccc21)Nc1cccc(Cl)c1. The summed E-state index contributed by atoms with van der Waals surface area (Å²) in [5, 5.41) is 3.73. The number of aromatic nitrogens is 3. The number of halogens is 2. The summed E-state index contributed by atoms with van der Waals surface area (Å²) in [5.41, 5.74) is 0.470. The highest BCUT2D eigenvalue weighted by molar-refractivity contribution is 6.31. The average molecular weight is 455 g/mol. The molecule has 0 aliphatic rings. The van der Waals surface area contributed by atoms with Crippen LogP contribution in [0.15, 0.2) is 76.4 Å². The van der Waals surface area contributed by atoms with Crippen molar-refractivity contribution < 1.29 is 4.79 Å².